The van der Waals surface area contributed by atoms with Gasteiger partial charge in [0.05, 0.1) is 35.9 Å². The maximum absolute atomic E-state index is 13.8. The fourth-order valence-electron chi connectivity index (χ4n) is 4.27. The van der Waals surface area contributed by atoms with Crippen molar-refractivity contribution in [2.45, 2.75) is 26.8 Å². The number of aromatic nitrogens is 1. The Morgan fingerprint density at radius 2 is 1.97 bits per heavy atom. The second kappa shape index (κ2) is 9.51. The van der Waals surface area contributed by atoms with Crippen LogP contribution in [0.1, 0.15) is 56.9 Å². The quantitative estimate of drug-likeness (QED) is 0.277. The number of ether oxygens (including phenoxy) is 2. The fraction of sp³-hybridized carbons (Fsp3) is 0.231. The summed E-state index contributed by atoms with van der Waals surface area (Å²) in [6, 6.07) is 11.5. The summed E-state index contributed by atoms with van der Waals surface area (Å²) < 4.78 is 17.5. The molecular weight excluding hydrogens is 548 g/mol. The lowest BCUT2D eigenvalue weighted by Crippen LogP contribution is -2.29. The molecule has 36 heavy (non-hydrogen) atoms. The van der Waals surface area contributed by atoms with E-state index < -0.39 is 17.9 Å². The van der Waals surface area contributed by atoms with Crippen molar-refractivity contribution in [2.24, 2.45) is 0 Å². The van der Waals surface area contributed by atoms with Crippen LogP contribution < -0.4 is 15.1 Å². The van der Waals surface area contributed by atoms with Gasteiger partial charge in [0.15, 0.2) is 10.6 Å². The van der Waals surface area contributed by atoms with E-state index in [9.17, 15) is 14.4 Å². The van der Waals surface area contributed by atoms with Gasteiger partial charge in [-0.2, -0.15) is 0 Å². The van der Waals surface area contributed by atoms with Gasteiger partial charge in [-0.05, 0) is 56.7 Å². The third-order valence-corrected chi connectivity index (χ3v) is 7.40. The number of amides is 1. The summed E-state index contributed by atoms with van der Waals surface area (Å²) in [6.07, 6.45) is 0. The lowest BCUT2D eigenvalue weighted by atomic mass is 9.98. The molecule has 3 heterocycles. The van der Waals surface area contributed by atoms with Crippen LogP contribution in [0.3, 0.4) is 0 Å². The van der Waals surface area contributed by atoms with Gasteiger partial charge in [-0.3, -0.25) is 14.5 Å². The lowest BCUT2D eigenvalue weighted by molar-refractivity contribution is 0.0531. The number of nitrogens with zero attached hydrogens (tertiary/aromatic N) is 2. The summed E-state index contributed by atoms with van der Waals surface area (Å²) in [5.41, 5.74) is 1.30. The van der Waals surface area contributed by atoms with Gasteiger partial charge in [0, 0.05) is 4.47 Å². The first kappa shape index (κ1) is 24.2. The van der Waals surface area contributed by atoms with E-state index in [-0.39, 0.29) is 28.5 Å². The number of esters is 1. The van der Waals surface area contributed by atoms with Crippen molar-refractivity contribution in [1.29, 1.82) is 0 Å². The Morgan fingerprint density at radius 1 is 1.17 bits per heavy atom. The molecule has 0 fully saturated rings. The number of carbonyl (C=O) groups excluding carboxylic acids is 2. The van der Waals surface area contributed by atoms with Crippen LogP contribution in [0.25, 0.3) is 11.0 Å². The monoisotopic (exact) mass is 568 g/mol. The minimum atomic E-state index is -0.826. The van der Waals surface area contributed by atoms with Crippen LogP contribution in [-0.4, -0.2) is 30.1 Å². The Bertz CT molecular complexity index is 1580. The Kier molecular flexibility index (Phi) is 6.40. The zero-order chi connectivity index (χ0) is 25.6. The number of aryl methyl sites for hydroxylation is 1. The summed E-state index contributed by atoms with van der Waals surface area (Å²) in [5, 5.41) is 0.620. The van der Waals surface area contributed by atoms with Crippen molar-refractivity contribution in [1.82, 2.24) is 4.98 Å². The van der Waals surface area contributed by atoms with Gasteiger partial charge in [0.1, 0.15) is 16.2 Å². The summed E-state index contributed by atoms with van der Waals surface area (Å²) >= 11 is 4.45. The van der Waals surface area contributed by atoms with E-state index in [4.69, 9.17) is 13.9 Å². The van der Waals surface area contributed by atoms with Crippen LogP contribution >= 0.6 is 27.3 Å². The molecule has 1 aliphatic heterocycles. The molecule has 10 heteroatoms. The molecule has 4 aromatic rings. The number of anilines is 1. The minimum Gasteiger partial charge on any atom is -0.494 e. The van der Waals surface area contributed by atoms with Crippen molar-refractivity contribution in [2.75, 3.05) is 18.1 Å². The minimum absolute atomic E-state index is 0.0489. The van der Waals surface area contributed by atoms with Crippen molar-refractivity contribution in [3.8, 4) is 5.75 Å². The van der Waals surface area contributed by atoms with Crippen LogP contribution in [0.4, 0.5) is 5.13 Å². The first-order valence-electron chi connectivity index (χ1n) is 11.3. The molecule has 1 atom stereocenters. The molecule has 184 valence electrons. The van der Waals surface area contributed by atoms with Crippen molar-refractivity contribution < 1.29 is 23.5 Å². The Labute approximate surface area is 218 Å². The van der Waals surface area contributed by atoms with Crippen LogP contribution in [0, 0.1) is 6.92 Å². The van der Waals surface area contributed by atoms with Gasteiger partial charge in [-0.25, -0.2) is 9.78 Å². The van der Waals surface area contributed by atoms with Crippen LogP contribution in [0.5, 0.6) is 5.75 Å². The van der Waals surface area contributed by atoms with Gasteiger partial charge in [-0.15, -0.1) is 0 Å². The predicted octanol–water partition coefficient (Wildman–Crippen LogP) is 5.65. The zero-order valence-corrected chi connectivity index (χ0v) is 22.1. The number of rotatable bonds is 6. The Balaban J connectivity index is 1.75. The SMILES string of the molecule is CCOC(=O)c1sc(N2C(=O)c3oc4ccc(Br)cc4c(=O)c3C2c2cccc(OCC)c2)nc1C. The first-order valence-corrected chi connectivity index (χ1v) is 12.9. The van der Waals surface area contributed by atoms with Gasteiger partial charge in [-0.1, -0.05) is 39.4 Å². The number of carbonyl (C=O) groups is 2. The van der Waals surface area contributed by atoms with E-state index in [0.29, 0.717) is 43.9 Å². The molecule has 1 aliphatic rings. The largest absolute Gasteiger partial charge is 0.494 e. The number of hydrogen-bond donors (Lipinski definition) is 0. The van der Waals surface area contributed by atoms with E-state index in [2.05, 4.69) is 20.9 Å². The first-order chi connectivity index (χ1) is 17.3. The second-order valence-corrected chi connectivity index (χ2v) is 9.92. The van der Waals surface area contributed by atoms with E-state index in [1.807, 2.05) is 13.0 Å². The highest BCUT2D eigenvalue weighted by molar-refractivity contribution is 9.10. The molecule has 0 spiro atoms. The average Bonchev–Trinajstić information content (AvgIpc) is 3.38. The molecule has 0 radical (unpaired) electrons. The smallest absolute Gasteiger partial charge is 0.350 e. The highest BCUT2D eigenvalue weighted by atomic mass is 79.9. The second-order valence-electron chi connectivity index (χ2n) is 8.03. The summed E-state index contributed by atoms with van der Waals surface area (Å²) in [7, 11) is 0. The molecule has 0 saturated heterocycles. The van der Waals surface area contributed by atoms with E-state index in [1.54, 1.807) is 50.2 Å². The normalized spacial score (nSPS) is 14.8. The van der Waals surface area contributed by atoms with E-state index >= 15 is 0 Å². The summed E-state index contributed by atoms with van der Waals surface area (Å²) in [4.78, 5) is 46.2. The third kappa shape index (κ3) is 4.00. The van der Waals surface area contributed by atoms with Crippen molar-refractivity contribution >= 4 is 55.2 Å². The van der Waals surface area contributed by atoms with E-state index in [1.165, 1.54) is 4.90 Å². The molecule has 0 N–H and O–H groups in total. The highest BCUT2D eigenvalue weighted by Gasteiger charge is 2.45. The molecular formula is C26H21BrN2O6S. The number of benzene rings is 2. The molecule has 0 aliphatic carbocycles. The summed E-state index contributed by atoms with van der Waals surface area (Å²) in [5.74, 6) is -0.469. The lowest BCUT2D eigenvalue weighted by Gasteiger charge is -2.23. The molecule has 0 bridgehead atoms. The maximum Gasteiger partial charge on any atom is 0.350 e. The molecule has 8 nitrogen and oxygen atoms in total. The third-order valence-electron chi connectivity index (χ3n) is 5.77. The molecule has 1 amide bonds. The van der Waals surface area contributed by atoms with Crippen LogP contribution in [0.15, 0.2) is 56.1 Å². The maximum atomic E-state index is 13.8. The molecule has 0 saturated carbocycles. The van der Waals surface area contributed by atoms with Gasteiger partial charge >= 0.3 is 5.97 Å². The molecule has 1 unspecified atom stereocenters. The topological polar surface area (TPSA) is 98.9 Å². The van der Waals surface area contributed by atoms with Crippen molar-refractivity contribution in [3.05, 3.63) is 84.6 Å². The average molecular weight is 569 g/mol. The molecule has 2 aromatic heterocycles. The standard InChI is InChI=1S/C26H21BrN2O6S/c1-4-33-16-8-6-7-14(11-16)20-19-21(30)17-12-15(27)9-10-18(17)35-22(19)24(31)29(20)26-28-13(3)23(36-26)25(32)34-5-2/h6-12,20H,4-5H2,1-3H3. The van der Waals surface area contributed by atoms with Crippen LogP contribution in [0.2, 0.25) is 0 Å². The predicted molar refractivity (Wildman–Crippen MR) is 139 cm³/mol. The number of halogens is 1. The number of hydrogen-bond acceptors (Lipinski definition) is 8. The molecule has 2 aromatic carbocycles. The zero-order valence-electron chi connectivity index (χ0n) is 19.7. The molecule has 5 rings (SSSR count). The van der Waals surface area contributed by atoms with E-state index in [0.717, 1.165) is 11.3 Å². The van der Waals surface area contributed by atoms with Gasteiger partial charge in [0.25, 0.3) is 5.91 Å². The van der Waals surface area contributed by atoms with Gasteiger partial charge in [0.2, 0.25) is 5.76 Å². The Morgan fingerprint density at radius 3 is 2.72 bits per heavy atom. The summed E-state index contributed by atoms with van der Waals surface area (Å²) in [6.45, 7) is 5.95. The van der Waals surface area contributed by atoms with Crippen molar-refractivity contribution in [3.63, 3.8) is 0 Å². The highest BCUT2D eigenvalue weighted by Crippen LogP contribution is 2.43. The number of fused-ring (bicyclic) bond motifs is 2. The van der Waals surface area contributed by atoms with Gasteiger partial charge < -0.3 is 13.9 Å². The van der Waals surface area contributed by atoms with Crippen LogP contribution in [-0.2, 0) is 4.74 Å². The fourth-order valence-corrected chi connectivity index (χ4v) is 5.62. The number of thiazole rings is 1. The Hall–Kier alpha value is -3.50.